The second-order valence-electron chi connectivity index (χ2n) is 3.89. The Kier molecular flexibility index (Phi) is 2.58. The molecule has 88 valence electrons. The first-order valence-corrected chi connectivity index (χ1v) is 5.50. The van der Waals surface area contributed by atoms with Crippen molar-refractivity contribution in [3.05, 3.63) is 36.4 Å². The Bertz CT molecular complexity index is 618. The maximum atomic E-state index is 5.49. The van der Waals surface area contributed by atoms with Crippen molar-refractivity contribution in [1.29, 1.82) is 0 Å². The summed E-state index contributed by atoms with van der Waals surface area (Å²) >= 11 is 0. The minimum Gasteiger partial charge on any atom is -0.454 e. The number of rotatable bonds is 2. The minimum atomic E-state index is 0.232. The van der Waals surface area contributed by atoms with Crippen LogP contribution in [0.25, 0.3) is 11.1 Å². The smallest absolute Gasteiger partial charge is 0.231 e. The molecule has 18 heavy (non-hydrogen) atoms. The van der Waals surface area contributed by atoms with Crippen molar-refractivity contribution in [3.63, 3.8) is 0 Å². The Hall–Kier alpha value is -2.54. The van der Waals surface area contributed by atoms with Gasteiger partial charge in [-0.2, -0.15) is 0 Å². The van der Waals surface area contributed by atoms with Crippen LogP contribution in [0.5, 0.6) is 11.5 Å². The van der Waals surface area contributed by atoms with E-state index in [1.54, 1.807) is 12.4 Å². The van der Waals surface area contributed by atoms with Crippen molar-refractivity contribution in [2.45, 2.75) is 6.42 Å². The number of nitrogens with zero attached hydrogens (tertiary/aromatic N) is 2. The summed E-state index contributed by atoms with van der Waals surface area (Å²) in [4.78, 5) is 8.03. The quantitative estimate of drug-likeness (QED) is 0.751. The summed E-state index contributed by atoms with van der Waals surface area (Å²) in [5, 5.41) is 0. The molecule has 4 nitrogen and oxygen atoms in total. The van der Waals surface area contributed by atoms with Crippen molar-refractivity contribution in [2.75, 3.05) is 6.79 Å². The average Bonchev–Trinajstić information content (AvgIpc) is 2.87. The first kappa shape index (κ1) is 10.6. The number of ether oxygens (including phenoxy) is 2. The van der Waals surface area contributed by atoms with Gasteiger partial charge in [-0.3, -0.25) is 0 Å². The van der Waals surface area contributed by atoms with Gasteiger partial charge in [0.25, 0.3) is 0 Å². The van der Waals surface area contributed by atoms with Crippen LogP contribution in [-0.2, 0) is 6.42 Å². The van der Waals surface area contributed by atoms with Gasteiger partial charge in [-0.25, -0.2) is 9.97 Å². The van der Waals surface area contributed by atoms with Crippen LogP contribution in [0.4, 0.5) is 0 Å². The predicted molar refractivity (Wildman–Crippen MR) is 66.1 cm³/mol. The molecule has 0 radical (unpaired) electrons. The largest absolute Gasteiger partial charge is 0.454 e. The van der Waals surface area contributed by atoms with Crippen molar-refractivity contribution in [1.82, 2.24) is 9.97 Å². The SMILES string of the molecule is C#CCc1cc2c(c(-c3cncnc3)c1)OCO2. The van der Waals surface area contributed by atoms with Gasteiger partial charge in [0.2, 0.25) is 6.79 Å². The lowest BCUT2D eigenvalue weighted by molar-refractivity contribution is 0.174. The zero-order chi connectivity index (χ0) is 12.4. The first-order chi connectivity index (χ1) is 8.88. The van der Waals surface area contributed by atoms with E-state index in [-0.39, 0.29) is 6.79 Å². The molecule has 0 aliphatic carbocycles. The van der Waals surface area contributed by atoms with E-state index in [0.29, 0.717) is 6.42 Å². The molecule has 0 spiro atoms. The van der Waals surface area contributed by atoms with Crippen LogP contribution in [0.2, 0.25) is 0 Å². The van der Waals surface area contributed by atoms with Gasteiger partial charge in [0.05, 0.1) is 0 Å². The van der Waals surface area contributed by atoms with Crippen molar-refractivity contribution in [3.8, 4) is 35.0 Å². The van der Waals surface area contributed by atoms with E-state index in [2.05, 4.69) is 15.9 Å². The van der Waals surface area contributed by atoms with Crippen LogP contribution in [0.3, 0.4) is 0 Å². The van der Waals surface area contributed by atoms with E-state index in [1.165, 1.54) is 6.33 Å². The molecule has 0 fully saturated rings. The molecule has 0 amide bonds. The number of hydrogen-bond donors (Lipinski definition) is 0. The highest BCUT2D eigenvalue weighted by atomic mass is 16.7. The Balaban J connectivity index is 2.16. The number of aromatic nitrogens is 2. The van der Waals surface area contributed by atoms with Crippen molar-refractivity contribution < 1.29 is 9.47 Å². The number of hydrogen-bond acceptors (Lipinski definition) is 4. The minimum absolute atomic E-state index is 0.232. The fourth-order valence-corrected chi connectivity index (χ4v) is 1.94. The third kappa shape index (κ3) is 1.76. The molecule has 1 aromatic heterocycles. The molecule has 0 saturated carbocycles. The van der Waals surface area contributed by atoms with Gasteiger partial charge in [-0.1, -0.05) is 0 Å². The van der Waals surface area contributed by atoms with Crippen LogP contribution in [0.15, 0.2) is 30.9 Å². The van der Waals surface area contributed by atoms with Crippen LogP contribution >= 0.6 is 0 Å². The number of terminal acetylenes is 1. The normalized spacial score (nSPS) is 12.2. The Morgan fingerprint density at radius 3 is 2.83 bits per heavy atom. The van der Waals surface area contributed by atoms with Crippen LogP contribution in [-0.4, -0.2) is 16.8 Å². The first-order valence-electron chi connectivity index (χ1n) is 5.50. The van der Waals surface area contributed by atoms with E-state index in [1.807, 2.05) is 12.1 Å². The van der Waals surface area contributed by atoms with Crippen LogP contribution < -0.4 is 9.47 Å². The van der Waals surface area contributed by atoms with E-state index in [9.17, 15) is 0 Å². The van der Waals surface area contributed by atoms with Gasteiger partial charge in [-0.15, -0.1) is 12.3 Å². The highest BCUT2D eigenvalue weighted by Gasteiger charge is 2.20. The molecule has 2 heterocycles. The topological polar surface area (TPSA) is 44.2 Å². The lowest BCUT2D eigenvalue weighted by Gasteiger charge is -2.07. The summed E-state index contributed by atoms with van der Waals surface area (Å²) in [6.45, 7) is 0.232. The van der Waals surface area contributed by atoms with Crippen LogP contribution in [0.1, 0.15) is 5.56 Å². The summed E-state index contributed by atoms with van der Waals surface area (Å²) in [6.07, 6.45) is 10.9. The molecule has 4 heteroatoms. The van der Waals surface area contributed by atoms with Gasteiger partial charge >= 0.3 is 0 Å². The van der Waals surface area contributed by atoms with Gasteiger partial charge in [0, 0.05) is 29.9 Å². The molecule has 1 aliphatic heterocycles. The molecule has 0 saturated heterocycles. The average molecular weight is 238 g/mol. The number of benzene rings is 1. The number of fused-ring (bicyclic) bond motifs is 1. The standard InChI is InChI=1S/C14H10N2O2/c1-2-3-10-4-12(11-6-15-8-16-7-11)14-13(5-10)17-9-18-14/h1,4-8H,3,9H2. The van der Waals surface area contributed by atoms with Crippen LogP contribution in [0, 0.1) is 12.3 Å². The van der Waals surface area contributed by atoms with E-state index < -0.39 is 0 Å². The Labute approximate surface area is 105 Å². The molecular weight excluding hydrogens is 228 g/mol. The second-order valence-corrected chi connectivity index (χ2v) is 3.89. The lowest BCUT2D eigenvalue weighted by atomic mass is 10.0. The molecule has 1 aromatic carbocycles. The molecular formula is C14H10N2O2. The molecule has 0 bridgehead atoms. The van der Waals surface area contributed by atoms with Crippen molar-refractivity contribution in [2.24, 2.45) is 0 Å². The maximum Gasteiger partial charge on any atom is 0.231 e. The zero-order valence-electron chi connectivity index (χ0n) is 9.59. The van der Waals surface area contributed by atoms with E-state index >= 15 is 0 Å². The van der Waals surface area contributed by atoms with Gasteiger partial charge in [0.15, 0.2) is 11.5 Å². The maximum absolute atomic E-state index is 5.49. The van der Waals surface area contributed by atoms with E-state index in [0.717, 1.165) is 28.2 Å². The van der Waals surface area contributed by atoms with E-state index in [4.69, 9.17) is 15.9 Å². The van der Waals surface area contributed by atoms with Gasteiger partial charge < -0.3 is 9.47 Å². The molecule has 0 unspecified atom stereocenters. The molecule has 3 rings (SSSR count). The fraction of sp³-hybridized carbons (Fsp3) is 0.143. The van der Waals surface area contributed by atoms with Crippen molar-refractivity contribution >= 4 is 0 Å². The second kappa shape index (κ2) is 4.38. The van der Waals surface area contributed by atoms with Gasteiger partial charge in [-0.05, 0) is 17.7 Å². The Morgan fingerprint density at radius 2 is 2.06 bits per heavy atom. The molecule has 0 N–H and O–H groups in total. The molecule has 0 atom stereocenters. The molecule has 2 aromatic rings. The summed E-state index contributed by atoms with van der Waals surface area (Å²) in [5.74, 6) is 4.08. The summed E-state index contributed by atoms with van der Waals surface area (Å²) in [5.41, 5.74) is 2.81. The Morgan fingerprint density at radius 1 is 1.22 bits per heavy atom. The highest BCUT2D eigenvalue weighted by Crippen LogP contribution is 2.42. The predicted octanol–water partition coefficient (Wildman–Crippen LogP) is 2.05. The summed E-state index contributed by atoms with van der Waals surface area (Å²) < 4.78 is 10.9. The molecule has 1 aliphatic rings. The summed E-state index contributed by atoms with van der Waals surface area (Å²) in [7, 11) is 0. The van der Waals surface area contributed by atoms with Gasteiger partial charge in [0.1, 0.15) is 6.33 Å². The zero-order valence-corrected chi connectivity index (χ0v) is 9.59. The third-order valence-corrected chi connectivity index (χ3v) is 2.71. The highest BCUT2D eigenvalue weighted by molar-refractivity contribution is 5.74. The fourth-order valence-electron chi connectivity index (χ4n) is 1.94. The monoisotopic (exact) mass is 238 g/mol. The lowest BCUT2D eigenvalue weighted by Crippen LogP contribution is -1.93. The third-order valence-electron chi connectivity index (χ3n) is 2.71. The summed E-state index contributed by atoms with van der Waals surface area (Å²) in [6, 6.07) is 3.90.